The summed E-state index contributed by atoms with van der Waals surface area (Å²) >= 11 is 5.97. The molecule has 1 saturated heterocycles. The molecule has 1 unspecified atom stereocenters. The second kappa shape index (κ2) is 7.87. The predicted molar refractivity (Wildman–Crippen MR) is 97.4 cm³/mol. The first kappa shape index (κ1) is 17.7. The first-order valence-electron chi connectivity index (χ1n) is 8.70. The van der Waals surface area contributed by atoms with Gasteiger partial charge in [-0.15, -0.1) is 0 Å². The number of hydrogen-bond acceptors (Lipinski definition) is 3. The van der Waals surface area contributed by atoms with Crippen LogP contribution in [0.25, 0.3) is 11.0 Å². The molecule has 2 amide bonds. The van der Waals surface area contributed by atoms with Crippen molar-refractivity contribution in [1.29, 1.82) is 0 Å². The molecule has 0 radical (unpaired) electrons. The van der Waals surface area contributed by atoms with Gasteiger partial charge < -0.3 is 15.2 Å². The van der Waals surface area contributed by atoms with Crippen molar-refractivity contribution < 1.29 is 9.59 Å². The fraction of sp³-hybridized carbons (Fsp3) is 0.500. The quantitative estimate of drug-likeness (QED) is 0.802. The van der Waals surface area contributed by atoms with Gasteiger partial charge in [0.05, 0.1) is 17.0 Å². The van der Waals surface area contributed by atoms with Gasteiger partial charge in [-0.25, -0.2) is 4.98 Å². The number of nitrogens with zero attached hydrogens (tertiary/aromatic N) is 2. The van der Waals surface area contributed by atoms with Gasteiger partial charge in [0.2, 0.25) is 11.8 Å². The molecule has 1 fully saturated rings. The molecule has 0 aliphatic carbocycles. The van der Waals surface area contributed by atoms with E-state index in [-0.39, 0.29) is 17.7 Å². The van der Waals surface area contributed by atoms with Crippen molar-refractivity contribution in [2.75, 3.05) is 19.6 Å². The molecule has 1 atom stereocenters. The highest BCUT2D eigenvalue weighted by Crippen LogP contribution is 2.18. The third-order valence-corrected chi connectivity index (χ3v) is 4.86. The lowest BCUT2D eigenvalue weighted by Crippen LogP contribution is -2.44. The van der Waals surface area contributed by atoms with Gasteiger partial charge in [-0.2, -0.15) is 0 Å². The van der Waals surface area contributed by atoms with E-state index in [0.717, 1.165) is 49.1 Å². The van der Waals surface area contributed by atoms with Gasteiger partial charge >= 0.3 is 0 Å². The summed E-state index contributed by atoms with van der Waals surface area (Å²) in [5.74, 6) is 0.891. The number of halogens is 1. The topological polar surface area (TPSA) is 78.1 Å². The van der Waals surface area contributed by atoms with Gasteiger partial charge in [-0.05, 0) is 37.5 Å². The highest BCUT2D eigenvalue weighted by atomic mass is 35.5. The molecule has 0 bridgehead atoms. The number of benzene rings is 1. The van der Waals surface area contributed by atoms with Gasteiger partial charge in [0, 0.05) is 38.0 Å². The van der Waals surface area contributed by atoms with Crippen molar-refractivity contribution in [1.82, 2.24) is 20.2 Å². The number of aromatic nitrogens is 2. The lowest BCUT2D eigenvalue weighted by molar-refractivity contribution is -0.133. The number of likely N-dealkylation sites (tertiary alicyclic amines) is 1. The van der Waals surface area contributed by atoms with Crippen LogP contribution in [0.5, 0.6) is 0 Å². The molecule has 6 nitrogen and oxygen atoms in total. The van der Waals surface area contributed by atoms with Crippen LogP contribution >= 0.6 is 11.6 Å². The van der Waals surface area contributed by atoms with Crippen LogP contribution in [-0.2, 0) is 16.0 Å². The first-order valence-corrected chi connectivity index (χ1v) is 9.08. The molecule has 0 saturated carbocycles. The van der Waals surface area contributed by atoms with Crippen molar-refractivity contribution in [3.63, 3.8) is 0 Å². The van der Waals surface area contributed by atoms with Crippen LogP contribution < -0.4 is 5.32 Å². The Hall–Kier alpha value is -2.08. The summed E-state index contributed by atoms with van der Waals surface area (Å²) in [5, 5.41) is 3.67. The number of aromatic amines is 1. The molecular weight excluding hydrogens is 340 g/mol. The number of rotatable bonds is 5. The van der Waals surface area contributed by atoms with E-state index in [9.17, 15) is 9.59 Å². The summed E-state index contributed by atoms with van der Waals surface area (Å²) in [6.07, 6.45) is 3.30. The average molecular weight is 363 g/mol. The smallest absolute Gasteiger partial charge is 0.224 e. The van der Waals surface area contributed by atoms with Crippen LogP contribution in [0.3, 0.4) is 0 Å². The van der Waals surface area contributed by atoms with Crippen LogP contribution in [0, 0.1) is 5.92 Å². The standard InChI is InChI=1S/C18H23ClN4O2/c1-12(24)23-9-3-4-13(11-23)18(25)20-8-2-5-17-21-15-7-6-14(19)10-16(15)22-17/h6-7,10,13H,2-5,8-9,11H2,1H3,(H,20,25)(H,21,22). The molecule has 25 heavy (non-hydrogen) atoms. The zero-order chi connectivity index (χ0) is 17.8. The third-order valence-electron chi connectivity index (χ3n) is 4.62. The summed E-state index contributed by atoms with van der Waals surface area (Å²) in [6, 6.07) is 5.57. The number of nitrogens with one attached hydrogen (secondary N) is 2. The van der Waals surface area contributed by atoms with E-state index in [1.54, 1.807) is 11.8 Å². The maximum atomic E-state index is 12.3. The number of amides is 2. The zero-order valence-corrected chi connectivity index (χ0v) is 15.1. The Labute approximate surface area is 151 Å². The Balaban J connectivity index is 1.44. The van der Waals surface area contributed by atoms with E-state index in [0.29, 0.717) is 18.1 Å². The van der Waals surface area contributed by atoms with Crippen LogP contribution in [0.4, 0.5) is 0 Å². The van der Waals surface area contributed by atoms with Crippen LogP contribution in [0.2, 0.25) is 5.02 Å². The lowest BCUT2D eigenvalue weighted by Gasteiger charge is -2.31. The third kappa shape index (κ3) is 4.51. The number of hydrogen-bond donors (Lipinski definition) is 2. The average Bonchev–Trinajstić information content (AvgIpc) is 3.00. The molecule has 134 valence electrons. The molecule has 2 heterocycles. The molecule has 1 aliphatic rings. The fourth-order valence-corrected chi connectivity index (χ4v) is 3.41. The molecule has 1 aliphatic heterocycles. The molecule has 1 aromatic heterocycles. The van der Waals surface area contributed by atoms with Crippen molar-refractivity contribution in [2.24, 2.45) is 5.92 Å². The molecule has 2 N–H and O–H groups in total. The van der Waals surface area contributed by atoms with Gasteiger partial charge in [0.1, 0.15) is 5.82 Å². The van der Waals surface area contributed by atoms with Gasteiger partial charge in [-0.1, -0.05) is 11.6 Å². The predicted octanol–water partition coefficient (Wildman–Crippen LogP) is 2.52. The maximum Gasteiger partial charge on any atom is 0.224 e. The fourth-order valence-electron chi connectivity index (χ4n) is 3.24. The second-order valence-electron chi connectivity index (χ2n) is 6.54. The number of fused-ring (bicyclic) bond motifs is 1. The minimum Gasteiger partial charge on any atom is -0.356 e. The lowest BCUT2D eigenvalue weighted by atomic mass is 9.97. The first-order chi connectivity index (χ1) is 12.0. The molecule has 2 aromatic rings. The van der Waals surface area contributed by atoms with Gasteiger partial charge in [0.25, 0.3) is 0 Å². The summed E-state index contributed by atoms with van der Waals surface area (Å²) < 4.78 is 0. The SMILES string of the molecule is CC(=O)N1CCCC(C(=O)NCCCc2nc3ccc(Cl)cc3[nH]2)C1. The van der Waals surface area contributed by atoms with Gasteiger partial charge in [0.15, 0.2) is 0 Å². The molecular formula is C18H23ClN4O2. The Morgan fingerprint density at radius 2 is 2.28 bits per heavy atom. The number of imidazole rings is 1. The summed E-state index contributed by atoms with van der Waals surface area (Å²) in [5.41, 5.74) is 1.83. The maximum absolute atomic E-state index is 12.3. The minimum absolute atomic E-state index is 0.0438. The summed E-state index contributed by atoms with van der Waals surface area (Å²) in [6.45, 7) is 3.45. The van der Waals surface area contributed by atoms with E-state index >= 15 is 0 Å². The minimum atomic E-state index is -0.0917. The van der Waals surface area contributed by atoms with Crippen molar-refractivity contribution >= 4 is 34.4 Å². The van der Waals surface area contributed by atoms with E-state index in [1.165, 1.54) is 0 Å². The summed E-state index contributed by atoms with van der Waals surface area (Å²) in [7, 11) is 0. The Bertz CT molecular complexity index is 774. The number of carbonyl (C=O) groups is 2. The second-order valence-corrected chi connectivity index (χ2v) is 6.98. The van der Waals surface area contributed by atoms with Crippen molar-refractivity contribution in [3.8, 4) is 0 Å². The van der Waals surface area contributed by atoms with Crippen LogP contribution in [-0.4, -0.2) is 46.3 Å². The number of aryl methyl sites for hydroxylation is 1. The molecule has 1 aromatic carbocycles. The van der Waals surface area contributed by atoms with Crippen molar-refractivity contribution in [3.05, 3.63) is 29.0 Å². The van der Waals surface area contributed by atoms with E-state index in [4.69, 9.17) is 11.6 Å². The Morgan fingerprint density at radius 3 is 3.08 bits per heavy atom. The Morgan fingerprint density at radius 1 is 1.44 bits per heavy atom. The largest absolute Gasteiger partial charge is 0.356 e. The van der Waals surface area contributed by atoms with E-state index in [2.05, 4.69) is 15.3 Å². The molecule has 3 rings (SSSR count). The molecule has 0 spiro atoms. The molecule has 7 heteroatoms. The monoisotopic (exact) mass is 362 g/mol. The van der Waals surface area contributed by atoms with Gasteiger partial charge in [-0.3, -0.25) is 9.59 Å². The van der Waals surface area contributed by atoms with Crippen molar-refractivity contribution in [2.45, 2.75) is 32.6 Å². The Kier molecular flexibility index (Phi) is 5.58. The summed E-state index contributed by atoms with van der Waals surface area (Å²) in [4.78, 5) is 33.3. The number of H-pyrrole nitrogens is 1. The highest BCUT2D eigenvalue weighted by molar-refractivity contribution is 6.31. The highest BCUT2D eigenvalue weighted by Gasteiger charge is 2.26. The van der Waals surface area contributed by atoms with E-state index in [1.807, 2.05) is 18.2 Å². The zero-order valence-electron chi connectivity index (χ0n) is 14.3. The van der Waals surface area contributed by atoms with Crippen LogP contribution in [0.15, 0.2) is 18.2 Å². The number of carbonyl (C=O) groups excluding carboxylic acids is 2. The van der Waals surface area contributed by atoms with E-state index < -0.39 is 0 Å². The number of piperidine rings is 1. The normalized spacial score (nSPS) is 17.7. The van der Waals surface area contributed by atoms with Crippen LogP contribution in [0.1, 0.15) is 32.0 Å².